The number of morpholine rings is 1. The zero-order valence-corrected chi connectivity index (χ0v) is 13.8. The second-order valence-electron chi connectivity index (χ2n) is 5.75. The highest BCUT2D eigenvalue weighted by molar-refractivity contribution is 5.70. The largest absolute Gasteiger partial charge is 0.481 e. The Morgan fingerprint density at radius 1 is 1.12 bits per heavy atom. The Balaban J connectivity index is 1.83. The van der Waals surface area contributed by atoms with E-state index in [9.17, 15) is 0 Å². The lowest BCUT2D eigenvalue weighted by Crippen LogP contribution is -2.37. The van der Waals surface area contributed by atoms with Crippen molar-refractivity contribution in [3.63, 3.8) is 0 Å². The highest BCUT2D eigenvalue weighted by Crippen LogP contribution is 2.26. The molecular formula is C17H19N5O2. The minimum Gasteiger partial charge on any atom is -0.481 e. The van der Waals surface area contributed by atoms with Crippen LogP contribution >= 0.6 is 0 Å². The van der Waals surface area contributed by atoms with Crippen LogP contribution in [0.4, 0.5) is 5.82 Å². The van der Waals surface area contributed by atoms with E-state index in [0.29, 0.717) is 19.1 Å². The average molecular weight is 325 g/mol. The minimum atomic E-state index is 0.590. The Hall–Kier alpha value is -2.67. The summed E-state index contributed by atoms with van der Waals surface area (Å²) < 4.78 is 12.6. The molecule has 0 aliphatic carbocycles. The molecule has 1 fully saturated rings. The standard InChI is InChI=1S/C17H19N5O2/c1-12-10-22-11-14(13-3-4-15(23-2)18-9-13)20-17(16(22)19-12)21-5-7-24-8-6-21/h3-4,9-11H,5-8H2,1-2H3. The Kier molecular flexibility index (Phi) is 3.78. The predicted molar refractivity (Wildman–Crippen MR) is 90.5 cm³/mol. The Labute approximate surface area is 139 Å². The summed E-state index contributed by atoms with van der Waals surface area (Å²) in [5.74, 6) is 1.48. The number of hydrogen-bond donors (Lipinski definition) is 0. The molecule has 24 heavy (non-hydrogen) atoms. The average Bonchev–Trinajstić information content (AvgIpc) is 3.02. The molecule has 1 aliphatic rings. The van der Waals surface area contributed by atoms with Gasteiger partial charge in [-0.2, -0.15) is 0 Å². The van der Waals surface area contributed by atoms with Gasteiger partial charge in [-0.3, -0.25) is 0 Å². The molecule has 0 saturated carbocycles. The molecule has 0 bridgehead atoms. The monoisotopic (exact) mass is 325 g/mol. The molecule has 4 heterocycles. The number of aryl methyl sites for hydroxylation is 1. The summed E-state index contributed by atoms with van der Waals surface area (Å²) in [7, 11) is 1.61. The number of methoxy groups -OCH3 is 1. The summed E-state index contributed by atoms with van der Waals surface area (Å²) in [4.78, 5) is 16.0. The van der Waals surface area contributed by atoms with Crippen molar-refractivity contribution in [2.75, 3.05) is 38.3 Å². The lowest BCUT2D eigenvalue weighted by atomic mass is 10.2. The second-order valence-corrected chi connectivity index (χ2v) is 5.75. The van der Waals surface area contributed by atoms with Crippen LogP contribution in [0.25, 0.3) is 16.9 Å². The van der Waals surface area contributed by atoms with Gasteiger partial charge in [0.1, 0.15) is 0 Å². The summed E-state index contributed by atoms with van der Waals surface area (Å²) in [6.45, 7) is 5.05. The van der Waals surface area contributed by atoms with E-state index in [1.54, 1.807) is 13.3 Å². The van der Waals surface area contributed by atoms with Crippen LogP contribution in [0, 0.1) is 6.92 Å². The van der Waals surface area contributed by atoms with Crippen LogP contribution in [0.1, 0.15) is 5.69 Å². The predicted octanol–water partition coefficient (Wildman–Crippen LogP) is 1.94. The number of nitrogens with zero attached hydrogens (tertiary/aromatic N) is 5. The zero-order chi connectivity index (χ0) is 16.5. The van der Waals surface area contributed by atoms with Gasteiger partial charge in [0.2, 0.25) is 5.88 Å². The van der Waals surface area contributed by atoms with E-state index in [-0.39, 0.29) is 0 Å². The van der Waals surface area contributed by atoms with Gasteiger partial charge in [-0.25, -0.2) is 15.0 Å². The molecule has 0 N–H and O–H groups in total. The van der Waals surface area contributed by atoms with Crippen LogP contribution in [0.2, 0.25) is 0 Å². The molecule has 0 unspecified atom stereocenters. The van der Waals surface area contributed by atoms with Gasteiger partial charge in [0.05, 0.1) is 31.7 Å². The molecule has 1 aliphatic heterocycles. The lowest BCUT2D eigenvalue weighted by Gasteiger charge is -2.28. The molecule has 7 nitrogen and oxygen atoms in total. The highest BCUT2D eigenvalue weighted by atomic mass is 16.5. The number of pyridine rings is 1. The second kappa shape index (κ2) is 6.09. The van der Waals surface area contributed by atoms with E-state index < -0.39 is 0 Å². The van der Waals surface area contributed by atoms with Crippen LogP contribution in [0.5, 0.6) is 5.88 Å². The Morgan fingerprint density at radius 2 is 1.96 bits per heavy atom. The van der Waals surface area contributed by atoms with Crippen molar-refractivity contribution in [3.8, 4) is 17.1 Å². The normalized spacial score (nSPS) is 15.0. The van der Waals surface area contributed by atoms with Gasteiger partial charge >= 0.3 is 0 Å². The molecule has 0 spiro atoms. The Bertz CT molecular complexity index is 853. The van der Waals surface area contributed by atoms with Gasteiger partial charge in [0, 0.05) is 43.3 Å². The SMILES string of the molecule is COc1ccc(-c2cn3cc(C)nc3c(N3CCOCC3)n2)cn1. The van der Waals surface area contributed by atoms with Crippen LogP contribution in [0.3, 0.4) is 0 Å². The van der Waals surface area contributed by atoms with E-state index in [1.165, 1.54) is 0 Å². The van der Waals surface area contributed by atoms with Gasteiger partial charge in [0.25, 0.3) is 0 Å². The van der Waals surface area contributed by atoms with E-state index in [4.69, 9.17) is 14.5 Å². The van der Waals surface area contributed by atoms with Gasteiger partial charge in [0.15, 0.2) is 11.5 Å². The fraction of sp³-hybridized carbons (Fsp3) is 0.353. The van der Waals surface area contributed by atoms with Crippen LogP contribution in [0.15, 0.2) is 30.7 Å². The number of aromatic nitrogens is 4. The molecule has 3 aromatic heterocycles. The summed E-state index contributed by atoms with van der Waals surface area (Å²) in [5.41, 5.74) is 3.64. The van der Waals surface area contributed by atoms with Crippen molar-refractivity contribution in [1.82, 2.24) is 19.4 Å². The van der Waals surface area contributed by atoms with E-state index in [0.717, 1.165) is 41.5 Å². The van der Waals surface area contributed by atoms with E-state index >= 15 is 0 Å². The van der Waals surface area contributed by atoms with Gasteiger partial charge < -0.3 is 18.8 Å². The van der Waals surface area contributed by atoms with Crippen molar-refractivity contribution in [2.24, 2.45) is 0 Å². The van der Waals surface area contributed by atoms with Crippen molar-refractivity contribution in [2.45, 2.75) is 6.92 Å². The van der Waals surface area contributed by atoms with Crippen LogP contribution in [-0.4, -0.2) is 52.8 Å². The molecule has 0 radical (unpaired) electrons. The molecule has 0 amide bonds. The topological polar surface area (TPSA) is 64.8 Å². The summed E-state index contributed by atoms with van der Waals surface area (Å²) in [6, 6.07) is 3.81. The Morgan fingerprint density at radius 3 is 2.67 bits per heavy atom. The maximum Gasteiger partial charge on any atom is 0.212 e. The third kappa shape index (κ3) is 2.67. The summed E-state index contributed by atoms with van der Waals surface area (Å²) in [5, 5.41) is 0. The van der Waals surface area contributed by atoms with E-state index in [2.05, 4.69) is 14.9 Å². The van der Waals surface area contributed by atoms with Gasteiger partial charge in [-0.15, -0.1) is 0 Å². The number of hydrogen-bond acceptors (Lipinski definition) is 6. The molecule has 1 saturated heterocycles. The molecule has 4 rings (SSSR count). The number of imidazole rings is 1. The third-order valence-corrected chi connectivity index (χ3v) is 4.09. The first-order valence-corrected chi connectivity index (χ1v) is 7.94. The summed E-state index contributed by atoms with van der Waals surface area (Å²) in [6.07, 6.45) is 5.78. The minimum absolute atomic E-state index is 0.590. The molecular weight excluding hydrogens is 306 g/mol. The molecule has 3 aromatic rings. The maximum absolute atomic E-state index is 5.46. The summed E-state index contributed by atoms with van der Waals surface area (Å²) >= 11 is 0. The van der Waals surface area contributed by atoms with E-state index in [1.807, 2.05) is 35.9 Å². The number of fused-ring (bicyclic) bond motifs is 1. The van der Waals surface area contributed by atoms with Gasteiger partial charge in [-0.05, 0) is 13.0 Å². The van der Waals surface area contributed by atoms with Crippen molar-refractivity contribution in [1.29, 1.82) is 0 Å². The molecule has 0 aromatic carbocycles. The molecule has 0 atom stereocenters. The maximum atomic E-state index is 5.46. The lowest BCUT2D eigenvalue weighted by molar-refractivity contribution is 0.122. The fourth-order valence-electron chi connectivity index (χ4n) is 2.88. The number of ether oxygens (including phenoxy) is 2. The quantitative estimate of drug-likeness (QED) is 0.733. The zero-order valence-electron chi connectivity index (χ0n) is 13.8. The van der Waals surface area contributed by atoms with Crippen LogP contribution in [-0.2, 0) is 4.74 Å². The molecule has 7 heteroatoms. The van der Waals surface area contributed by atoms with Crippen molar-refractivity contribution >= 4 is 11.5 Å². The van der Waals surface area contributed by atoms with Gasteiger partial charge in [-0.1, -0.05) is 0 Å². The first-order valence-electron chi connectivity index (χ1n) is 7.94. The highest BCUT2D eigenvalue weighted by Gasteiger charge is 2.19. The fourth-order valence-corrected chi connectivity index (χ4v) is 2.88. The smallest absolute Gasteiger partial charge is 0.212 e. The van der Waals surface area contributed by atoms with Crippen molar-refractivity contribution in [3.05, 3.63) is 36.4 Å². The number of rotatable bonds is 3. The molecule has 124 valence electrons. The first-order chi connectivity index (χ1) is 11.7. The van der Waals surface area contributed by atoms with Crippen LogP contribution < -0.4 is 9.64 Å². The first kappa shape index (κ1) is 14.9. The number of anilines is 1. The van der Waals surface area contributed by atoms with Crippen molar-refractivity contribution < 1.29 is 9.47 Å². The third-order valence-electron chi connectivity index (χ3n) is 4.09.